The van der Waals surface area contributed by atoms with Crippen molar-refractivity contribution in [3.05, 3.63) is 163 Å². The van der Waals surface area contributed by atoms with Gasteiger partial charge in [-0.1, -0.05) is 103 Å². The Bertz CT molecular complexity index is 2680. The largest absolute Gasteiger partial charge is 0.455 e. The Hall–Kier alpha value is -6.44. The second-order valence-corrected chi connectivity index (χ2v) is 11.8. The van der Waals surface area contributed by atoms with Crippen molar-refractivity contribution in [2.75, 3.05) is 4.90 Å². The van der Waals surface area contributed by atoms with Gasteiger partial charge in [0, 0.05) is 27.7 Å². The summed E-state index contributed by atoms with van der Waals surface area (Å²) in [6.07, 6.45) is 0. The van der Waals surface area contributed by atoms with Crippen molar-refractivity contribution < 1.29 is 8.81 Å². The standard InChI is InChI=1S/C43H25FN2O/c44-40-24-27(26-45)16-23-41(40)46(30-21-22-36-34-10-2-1-8-32(34)33-9-3-4-11-35(33)39(36)25-30)29-19-17-28(18-20-29)31-13-7-14-38-37-12-5-6-15-42(37)47-43(31)38/h1-25H. The van der Waals surface area contributed by atoms with Crippen LogP contribution in [0.25, 0.3) is 65.4 Å². The molecule has 0 N–H and O–H groups in total. The highest BCUT2D eigenvalue weighted by atomic mass is 19.1. The van der Waals surface area contributed by atoms with Gasteiger partial charge in [-0.15, -0.1) is 0 Å². The van der Waals surface area contributed by atoms with Gasteiger partial charge in [-0.3, -0.25) is 0 Å². The molecule has 0 spiro atoms. The molecule has 0 radical (unpaired) electrons. The SMILES string of the molecule is N#Cc1ccc(N(c2ccc(-c3cccc4c3oc3ccccc34)cc2)c2ccc3c4ccccc4c4ccccc4c3c2)c(F)c1. The molecule has 0 saturated heterocycles. The molecule has 0 aliphatic carbocycles. The van der Waals surface area contributed by atoms with Crippen LogP contribution >= 0.6 is 0 Å². The van der Waals surface area contributed by atoms with E-state index in [1.54, 1.807) is 12.1 Å². The van der Waals surface area contributed by atoms with Crippen molar-refractivity contribution in [2.45, 2.75) is 0 Å². The smallest absolute Gasteiger partial charge is 0.148 e. The van der Waals surface area contributed by atoms with Crippen LogP contribution in [-0.2, 0) is 0 Å². The van der Waals surface area contributed by atoms with Crippen LogP contribution in [-0.4, -0.2) is 0 Å². The maximum atomic E-state index is 15.8. The van der Waals surface area contributed by atoms with E-state index in [0.717, 1.165) is 60.6 Å². The van der Waals surface area contributed by atoms with Gasteiger partial charge in [0.15, 0.2) is 0 Å². The third-order valence-corrected chi connectivity index (χ3v) is 9.14. The zero-order chi connectivity index (χ0) is 31.5. The number of hydrogen-bond acceptors (Lipinski definition) is 3. The van der Waals surface area contributed by atoms with Crippen molar-refractivity contribution in [3.8, 4) is 17.2 Å². The lowest BCUT2D eigenvalue weighted by molar-refractivity contribution is 0.628. The van der Waals surface area contributed by atoms with Crippen LogP contribution in [0.2, 0.25) is 0 Å². The molecule has 0 saturated carbocycles. The minimum absolute atomic E-state index is 0.274. The van der Waals surface area contributed by atoms with Crippen LogP contribution in [0.1, 0.15) is 5.56 Å². The molecule has 0 atom stereocenters. The summed E-state index contributed by atoms with van der Waals surface area (Å²) < 4.78 is 22.2. The van der Waals surface area contributed by atoms with E-state index in [9.17, 15) is 5.26 Å². The number of halogens is 1. The molecule has 220 valence electrons. The predicted octanol–water partition coefficient (Wildman–Crippen LogP) is 12.2. The maximum Gasteiger partial charge on any atom is 0.148 e. The van der Waals surface area contributed by atoms with Crippen molar-refractivity contribution in [1.82, 2.24) is 0 Å². The minimum atomic E-state index is -0.469. The second-order valence-electron chi connectivity index (χ2n) is 11.8. The summed E-state index contributed by atoms with van der Waals surface area (Å²) in [5.74, 6) is -0.469. The van der Waals surface area contributed by atoms with Crippen LogP contribution in [0.3, 0.4) is 0 Å². The summed E-state index contributed by atoms with van der Waals surface area (Å²) in [6, 6.07) is 52.3. The molecule has 4 heteroatoms. The van der Waals surface area contributed by atoms with Crippen molar-refractivity contribution in [2.24, 2.45) is 0 Å². The number of fused-ring (bicyclic) bond motifs is 9. The fourth-order valence-corrected chi connectivity index (χ4v) is 6.98. The van der Waals surface area contributed by atoms with E-state index in [1.165, 1.54) is 22.2 Å². The topological polar surface area (TPSA) is 40.2 Å². The molecule has 9 rings (SSSR count). The highest BCUT2D eigenvalue weighted by Gasteiger charge is 2.20. The number of anilines is 3. The van der Waals surface area contributed by atoms with Crippen LogP contribution in [0, 0.1) is 17.1 Å². The molecule has 1 aromatic heterocycles. The summed E-state index contributed by atoms with van der Waals surface area (Å²) in [5, 5.41) is 18.5. The Balaban J connectivity index is 1.24. The predicted molar refractivity (Wildman–Crippen MR) is 191 cm³/mol. The summed E-state index contributed by atoms with van der Waals surface area (Å²) in [5.41, 5.74) is 5.92. The van der Waals surface area contributed by atoms with Crippen molar-refractivity contribution in [1.29, 1.82) is 5.26 Å². The molecule has 1 heterocycles. The number of para-hydroxylation sites is 2. The molecule has 8 aromatic carbocycles. The lowest BCUT2D eigenvalue weighted by Gasteiger charge is -2.27. The van der Waals surface area contributed by atoms with E-state index in [0.29, 0.717) is 5.69 Å². The maximum absolute atomic E-state index is 15.8. The fraction of sp³-hybridized carbons (Fsp3) is 0. The molecule has 0 aliphatic heterocycles. The monoisotopic (exact) mass is 604 g/mol. The lowest BCUT2D eigenvalue weighted by Crippen LogP contribution is -2.12. The van der Waals surface area contributed by atoms with Gasteiger partial charge in [-0.05, 0) is 86.4 Å². The Morgan fingerprint density at radius 1 is 0.511 bits per heavy atom. The average molecular weight is 605 g/mol. The number of hydrogen-bond donors (Lipinski definition) is 0. The van der Waals surface area contributed by atoms with Gasteiger partial charge in [0.1, 0.15) is 17.0 Å². The highest BCUT2D eigenvalue weighted by molar-refractivity contribution is 6.25. The van der Waals surface area contributed by atoms with Gasteiger partial charge < -0.3 is 9.32 Å². The summed E-state index contributed by atoms with van der Waals surface area (Å²) in [6.45, 7) is 0. The number of nitrogens with zero attached hydrogens (tertiary/aromatic N) is 2. The van der Waals surface area contributed by atoms with Crippen LogP contribution < -0.4 is 4.90 Å². The number of rotatable bonds is 4. The quantitative estimate of drug-likeness (QED) is 0.188. The molecule has 0 amide bonds. The van der Waals surface area contributed by atoms with Gasteiger partial charge in [0.25, 0.3) is 0 Å². The van der Waals surface area contributed by atoms with E-state index in [2.05, 4.69) is 103 Å². The van der Waals surface area contributed by atoms with Gasteiger partial charge in [-0.25, -0.2) is 4.39 Å². The first kappa shape index (κ1) is 26.9. The highest BCUT2D eigenvalue weighted by Crippen LogP contribution is 2.43. The number of nitriles is 1. The molecule has 9 aromatic rings. The minimum Gasteiger partial charge on any atom is -0.455 e. The van der Waals surface area contributed by atoms with Crippen LogP contribution in [0.5, 0.6) is 0 Å². The molecular formula is C43H25FN2O. The molecule has 0 fully saturated rings. The van der Waals surface area contributed by atoms with Gasteiger partial charge in [0.2, 0.25) is 0 Å². The Morgan fingerprint density at radius 2 is 1.11 bits per heavy atom. The Labute approximate surface area is 269 Å². The van der Waals surface area contributed by atoms with Gasteiger partial charge in [-0.2, -0.15) is 5.26 Å². The molecule has 47 heavy (non-hydrogen) atoms. The summed E-state index contributed by atoms with van der Waals surface area (Å²) in [4.78, 5) is 1.92. The zero-order valence-electron chi connectivity index (χ0n) is 25.1. The van der Waals surface area contributed by atoms with E-state index >= 15 is 4.39 Å². The van der Waals surface area contributed by atoms with E-state index < -0.39 is 5.82 Å². The molecule has 0 bridgehead atoms. The van der Waals surface area contributed by atoms with Crippen LogP contribution in [0.4, 0.5) is 21.5 Å². The second kappa shape index (κ2) is 10.6. The normalized spacial score (nSPS) is 11.5. The van der Waals surface area contributed by atoms with E-state index in [-0.39, 0.29) is 5.56 Å². The number of furan rings is 1. The van der Waals surface area contributed by atoms with Crippen LogP contribution in [0.15, 0.2) is 156 Å². The molecule has 3 nitrogen and oxygen atoms in total. The zero-order valence-corrected chi connectivity index (χ0v) is 25.1. The molecule has 0 unspecified atom stereocenters. The third-order valence-electron chi connectivity index (χ3n) is 9.14. The van der Waals surface area contributed by atoms with E-state index in [1.807, 2.05) is 41.3 Å². The summed E-state index contributed by atoms with van der Waals surface area (Å²) in [7, 11) is 0. The first-order chi connectivity index (χ1) is 23.2. The Kier molecular flexibility index (Phi) is 6.06. The first-order valence-corrected chi connectivity index (χ1v) is 15.5. The lowest BCUT2D eigenvalue weighted by atomic mass is 9.94. The van der Waals surface area contributed by atoms with Crippen molar-refractivity contribution >= 4 is 71.3 Å². The van der Waals surface area contributed by atoms with E-state index in [4.69, 9.17) is 4.42 Å². The average Bonchev–Trinajstić information content (AvgIpc) is 3.52. The fourth-order valence-electron chi connectivity index (χ4n) is 6.98. The van der Waals surface area contributed by atoms with Crippen molar-refractivity contribution in [3.63, 3.8) is 0 Å². The van der Waals surface area contributed by atoms with Gasteiger partial charge in [0.05, 0.1) is 17.3 Å². The number of benzene rings is 8. The third kappa shape index (κ3) is 4.25. The molecular weight excluding hydrogens is 579 g/mol. The molecule has 0 aliphatic rings. The first-order valence-electron chi connectivity index (χ1n) is 15.5. The Morgan fingerprint density at radius 3 is 1.79 bits per heavy atom. The summed E-state index contributed by atoms with van der Waals surface area (Å²) >= 11 is 0. The van der Waals surface area contributed by atoms with Gasteiger partial charge >= 0.3 is 0 Å².